The van der Waals surface area contributed by atoms with E-state index in [1.165, 1.54) is 29.5 Å². The van der Waals surface area contributed by atoms with Gasteiger partial charge in [0.25, 0.3) is 0 Å². The minimum Gasteiger partial charge on any atom is -0.298 e. The maximum Gasteiger partial charge on any atom is 0.147 e. The van der Waals surface area contributed by atoms with Crippen LogP contribution < -0.4 is 0 Å². The number of halogens is 2. The second kappa shape index (κ2) is 7.04. The predicted octanol–water partition coefficient (Wildman–Crippen LogP) is 4.80. The first kappa shape index (κ1) is 15.3. The van der Waals surface area contributed by atoms with Crippen molar-refractivity contribution in [3.8, 4) is 0 Å². The largest absolute Gasteiger partial charge is 0.298 e. The van der Waals surface area contributed by atoms with E-state index in [0.29, 0.717) is 16.6 Å². The number of thioether (sulfide) groups is 1. The highest BCUT2D eigenvalue weighted by molar-refractivity contribution is 9.10. The number of rotatable bonds is 5. The van der Waals surface area contributed by atoms with Crippen LogP contribution >= 0.6 is 27.7 Å². The SMILES string of the molecule is Cc1cccc(SCC(=O)Cc2ccc(F)cc2Br)c1. The molecule has 0 aliphatic heterocycles. The number of Topliss-reactive ketones (excluding diaryl/α,β-unsaturated/α-hetero) is 1. The van der Waals surface area contributed by atoms with Crippen molar-refractivity contribution >= 4 is 33.5 Å². The second-order valence-corrected chi connectivity index (χ2v) is 6.46. The standard InChI is InChI=1S/C16H14BrFOS/c1-11-3-2-4-15(7-11)20-10-14(19)8-12-5-6-13(18)9-16(12)17/h2-7,9H,8,10H2,1H3. The van der Waals surface area contributed by atoms with Gasteiger partial charge in [-0.2, -0.15) is 0 Å². The number of hydrogen-bond acceptors (Lipinski definition) is 2. The molecular weight excluding hydrogens is 339 g/mol. The van der Waals surface area contributed by atoms with Crippen molar-refractivity contribution < 1.29 is 9.18 Å². The van der Waals surface area contributed by atoms with Gasteiger partial charge < -0.3 is 0 Å². The van der Waals surface area contributed by atoms with Crippen LogP contribution in [0.15, 0.2) is 51.8 Å². The maximum atomic E-state index is 13.0. The summed E-state index contributed by atoms with van der Waals surface area (Å²) in [5.74, 6) is 0.249. The van der Waals surface area contributed by atoms with Gasteiger partial charge in [-0.25, -0.2) is 4.39 Å². The van der Waals surface area contributed by atoms with Gasteiger partial charge in [-0.1, -0.05) is 39.7 Å². The summed E-state index contributed by atoms with van der Waals surface area (Å²) in [5.41, 5.74) is 2.00. The van der Waals surface area contributed by atoms with E-state index in [4.69, 9.17) is 0 Å². The Bertz CT molecular complexity index is 628. The molecule has 0 fully saturated rings. The molecule has 0 radical (unpaired) electrons. The molecule has 0 atom stereocenters. The molecule has 0 heterocycles. The molecule has 0 aliphatic rings. The van der Waals surface area contributed by atoms with E-state index in [1.54, 1.807) is 6.07 Å². The van der Waals surface area contributed by atoms with Gasteiger partial charge >= 0.3 is 0 Å². The molecule has 4 heteroatoms. The van der Waals surface area contributed by atoms with Crippen molar-refractivity contribution in [2.45, 2.75) is 18.2 Å². The van der Waals surface area contributed by atoms with Crippen molar-refractivity contribution in [3.63, 3.8) is 0 Å². The van der Waals surface area contributed by atoms with E-state index >= 15 is 0 Å². The van der Waals surface area contributed by atoms with Crippen LogP contribution in [0.4, 0.5) is 4.39 Å². The molecule has 0 amide bonds. The molecule has 1 nitrogen and oxygen atoms in total. The zero-order valence-corrected chi connectivity index (χ0v) is 13.4. The number of carbonyl (C=O) groups is 1. The Labute approximate surface area is 130 Å². The van der Waals surface area contributed by atoms with Gasteiger partial charge in [0.15, 0.2) is 0 Å². The number of ketones is 1. The summed E-state index contributed by atoms with van der Waals surface area (Å²) in [6.45, 7) is 2.03. The lowest BCUT2D eigenvalue weighted by molar-refractivity contribution is -0.116. The molecule has 2 aromatic rings. The number of aryl methyl sites for hydroxylation is 1. The molecule has 0 bridgehead atoms. The molecule has 0 spiro atoms. The first-order valence-electron chi connectivity index (χ1n) is 6.19. The van der Waals surface area contributed by atoms with Crippen LogP contribution in [0, 0.1) is 12.7 Å². The van der Waals surface area contributed by atoms with Crippen LogP contribution in [0.2, 0.25) is 0 Å². The minimum absolute atomic E-state index is 0.129. The Hall–Kier alpha value is -1.13. The first-order chi connectivity index (χ1) is 9.54. The average Bonchev–Trinajstić information content (AvgIpc) is 2.40. The molecule has 0 N–H and O–H groups in total. The summed E-state index contributed by atoms with van der Waals surface area (Å²) in [7, 11) is 0. The summed E-state index contributed by atoms with van der Waals surface area (Å²) >= 11 is 4.81. The molecule has 0 saturated heterocycles. The Morgan fingerprint density at radius 2 is 2.05 bits per heavy atom. The molecule has 2 rings (SSSR count). The van der Waals surface area contributed by atoms with Gasteiger partial charge in [0.1, 0.15) is 11.6 Å². The summed E-state index contributed by atoms with van der Waals surface area (Å²) < 4.78 is 13.6. The van der Waals surface area contributed by atoms with Crippen molar-refractivity contribution in [2.24, 2.45) is 0 Å². The lowest BCUT2D eigenvalue weighted by Gasteiger charge is -2.05. The van der Waals surface area contributed by atoms with Gasteiger partial charge in [0.05, 0.1) is 5.75 Å². The monoisotopic (exact) mass is 352 g/mol. The maximum absolute atomic E-state index is 13.0. The van der Waals surface area contributed by atoms with Crippen molar-refractivity contribution in [1.29, 1.82) is 0 Å². The number of benzene rings is 2. The van der Waals surface area contributed by atoms with Crippen molar-refractivity contribution in [1.82, 2.24) is 0 Å². The average molecular weight is 353 g/mol. The van der Waals surface area contributed by atoms with Crippen molar-refractivity contribution in [3.05, 3.63) is 63.9 Å². The van der Waals surface area contributed by atoms with Crippen LogP contribution in [-0.4, -0.2) is 11.5 Å². The predicted molar refractivity (Wildman–Crippen MR) is 84.7 cm³/mol. The number of hydrogen-bond donors (Lipinski definition) is 0. The Balaban J connectivity index is 1.92. The summed E-state index contributed by atoms with van der Waals surface area (Å²) in [5, 5.41) is 0. The van der Waals surface area contributed by atoms with Gasteiger partial charge in [0, 0.05) is 15.8 Å². The van der Waals surface area contributed by atoms with E-state index in [1.807, 2.05) is 25.1 Å². The highest BCUT2D eigenvalue weighted by Gasteiger charge is 2.08. The van der Waals surface area contributed by atoms with Gasteiger partial charge in [-0.05, 0) is 36.8 Å². The fourth-order valence-electron chi connectivity index (χ4n) is 1.80. The molecule has 20 heavy (non-hydrogen) atoms. The van der Waals surface area contributed by atoms with E-state index in [9.17, 15) is 9.18 Å². The summed E-state index contributed by atoms with van der Waals surface area (Å²) in [6.07, 6.45) is 0.319. The third-order valence-corrected chi connectivity index (χ3v) is 4.58. The van der Waals surface area contributed by atoms with E-state index < -0.39 is 0 Å². The lowest BCUT2D eigenvalue weighted by Crippen LogP contribution is -2.06. The molecule has 2 aromatic carbocycles. The molecule has 0 unspecified atom stereocenters. The molecule has 0 aromatic heterocycles. The van der Waals surface area contributed by atoms with Crippen LogP contribution in [-0.2, 0) is 11.2 Å². The topological polar surface area (TPSA) is 17.1 Å². The normalized spacial score (nSPS) is 10.6. The molecule has 0 aliphatic carbocycles. The zero-order valence-electron chi connectivity index (χ0n) is 11.0. The summed E-state index contributed by atoms with van der Waals surface area (Å²) in [6, 6.07) is 12.5. The van der Waals surface area contributed by atoms with Gasteiger partial charge in [0.2, 0.25) is 0 Å². The molecule has 104 valence electrons. The molecular formula is C16H14BrFOS. The fourth-order valence-corrected chi connectivity index (χ4v) is 3.16. The Morgan fingerprint density at radius 3 is 2.75 bits per heavy atom. The van der Waals surface area contributed by atoms with Crippen LogP contribution in [0.5, 0.6) is 0 Å². The van der Waals surface area contributed by atoms with E-state index in [-0.39, 0.29) is 11.6 Å². The highest BCUT2D eigenvalue weighted by Crippen LogP contribution is 2.22. The number of carbonyl (C=O) groups excluding carboxylic acids is 1. The smallest absolute Gasteiger partial charge is 0.147 e. The summed E-state index contributed by atoms with van der Waals surface area (Å²) in [4.78, 5) is 13.1. The quantitative estimate of drug-likeness (QED) is 0.719. The third kappa shape index (κ3) is 4.46. The van der Waals surface area contributed by atoms with Crippen LogP contribution in [0.1, 0.15) is 11.1 Å². The Kier molecular flexibility index (Phi) is 5.38. The zero-order chi connectivity index (χ0) is 14.5. The van der Waals surface area contributed by atoms with Crippen molar-refractivity contribution in [2.75, 3.05) is 5.75 Å². The Morgan fingerprint density at radius 1 is 1.25 bits per heavy atom. The van der Waals surface area contributed by atoms with Gasteiger partial charge in [-0.3, -0.25) is 4.79 Å². The third-order valence-electron chi connectivity index (χ3n) is 2.79. The van der Waals surface area contributed by atoms with Gasteiger partial charge in [-0.15, -0.1) is 11.8 Å². The molecule has 0 saturated carbocycles. The lowest BCUT2D eigenvalue weighted by atomic mass is 10.1. The van der Waals surface area contributed by atoms with E-state index in [0.717, 1.165) is 10.5 Å². The van der Waals surface area contributed by atoms with Crippen LogP contribution in [0.3, 0.4) is 0 Å². The minimum atomic E-state index is -0.304. The second-order valence-electron chi connectivity index (χ2n) is 4.56. The van der Waals surface area contributed by atoms with E-state index in [2.05, 4.69) is 22.0 Å². The first-order valence-corrected chi connectivity index (χ1v) is 7.97. The van der Waals surface area contributed by atoms with Crippen LogP contribution in [0.25, 0.3) is 0 Å². The fraction of sp³-hybridized carbons (Fsp3) is 0.188. The highest BCUT2D eigenvalue weighted by atomic mass is 79.9.